The van der Waals surface area contributed by atoms with Crippen molar-refractivity contribution in [1.29, 1.82) is 0 Å². The van der Waals surface area contributed by atoms with Gasteiger partial charge in [-0.3, -0.25) is 4.79 Å². The molecule has 1 spiro atoms. The number of amides is 1. The fraction of sp³-hybridized carbons (Fsp3) is 0.636. The summed E-state index contributed by atoms with van der Waals surface area (Å²) in [7, 11) is 0. The Morgan fingerprint density at radius 1 is 1.29 bits per heavy atom. The molecule has 3 rings (SSSR count). The largest absolute Gasteiger partial charge is 0.338 e. The first kappa shape index (κ1) is 11.9. The number of hydrogen-bond acceptors (Lipinski definition) is 5. The standard InChI is InChI=1S/C11H14N2OS3/c14-10(9-1-4-12-17-9)13-5-2-11(3-6-13)15-7-8-16-11/h1,4H,2-3,5-8H2. The third-order valence-electron chi connectivity index (χ3n) is 3.27. The van der Waals surface area contributed by atoms with Gasteiger partial charge in [0.25, 0.3) is 5.91 Å². The molecule has 0 atom stereocenters. The number of rotatable bonds is 1. The zero-order valence-electron chi connectivity index (χ0n) is 9.42. The third-order valence-corrected chi connectivity index (χ3v) is 7.66. The van der Waals surface area contributed by atoms with Crippen LogP contribution >= 0.6 is 35.1 Å². The van der Waals surface area contributed by atoms with Gasteiger partial charge < -0.3 is 4.90 Å². The summed E-state index contributed by atoms with van der Waals surface area (Å²) in [6.45, 7) is 1.80. The molecule has 2 saturated heterocycles. The highest BCUT2D eigenvalue weighted by atomic mass is 32.2. The van der Waals surface area contributed by atoms with Crippen LogP contribution in [0.2, 0.25) is 0 Å². The Labute approximate surface area is 114 Å². The summed E-state index contributed by atoms with van der Waals surface area (Å²) in [4.78, 5) is 14.9. The van der Waals surface area contributed by atoms with E-state index in [1.54, 1.807) is 6.20 Å². The van der Waals surface area contributed by atoms with Gasteiger partial charge in [-0.05, 0) is 30.4 Å². The predicted molar refractivity (Wildman–Crippen MR) is 74.9 cm³/mol. The van der Waals surface area contributed by atoms with Crippen LogP contribution in [0.4, 0.5) is 0 Å². The molecule has 0 aliphatic carbocycles. The molecular formula is C11H14N2OS3. The molecule has 3 heterocycles. The van der Waals surface area contributed by atoms with E-state index in [0.717, 1.165) is 30.8 Å². The smallest absolute Gasteiger partial charge is 0.265 e. The first-order valence-electron chi connectivity index (χ1n) is 5.77. The van der Waals surface area contributed by atoms with Gasteiger partial charge in [0.1, 0.15) is 4.88 Å². The van der Waals surface area contributed by atoms with Gasteiger partial charge >= 0.3 is 0 Å². The lowest BCUT2D eigenvalue weighted by Crippen LogP contribution is -2.42. The highest BCUT2D eigenvalue weighted by Gasteiger charge is 2.39. The molecule has 0 aromatic carbocycles. The van der Waals surface area contributed by atoms with E-state index in [4.69, 9.17) is 0 Å². The number of aromatic nitrogens is 1. The van der Waals surface area contributed by atoms with Crippen LogP contribution in [0, 0.1) is 0 Å². The summed E-state index contributed by atoms with van der Waals surface area (Å²) in [5.74, 6) is 2.70. The SMILES string of the molecule is O=C(c1ccns1)N1CCC2(CC1)SCCS2. The third kappa shape index (κ3) is 2.35. The van der Waals surface area contributed by atoms with Crippen molar-refractivity contribution in [2.24, 2.45) is 0 Å². The summed E-state index contributed by atoms with van der Waals surface area (Å²) in [6.07, 6.45) is 3.96. The number of hydrogen-bond donors (Lipinski definition) is 0. The minimum absolute atomic E-state index is 0.162. The van der Waals surface area contributed by atoms with Crippen molar-refractivity contribution in [1.82, 2.24) is 9.27 Å². The van der Waals surface area contributed by atoms with Crippen molar-refractivity contribution in [3.8, 4) is 0 Å². The van der Waals surface area contributed by atoms with Gasteiger partial charge in [-0.1, -0.05) is 0 Å². The maximum Gasteiger partial charge on any atom is 0.265 e. The molecule has 0 bridgehead atoms. The fourth-order valence-corrected chi connectivity index (χ4v) is 6.07. The molecule has 0 saturated carbocycles. The van der Waals surface area contributed by atoms with Crippen LogP contribution in [-0.2, 0) is 0 Å². The molecule has 0 N–H and O–H groups in total. The second-order valence-electron chi connectivity index (χ2n) is 4.28. The topological polar surface area (TPSA) is 33.2 Å². The Hall–Kier alpha value is -0.200. The van der Waals surface area contributed by atoms with Crippen molar-refractivity contribution >= 4 is 41.0 Å². The monoisotopic (exact) mass is 286 g/mol. The minimum Gasteiger partial charge on any atom is -0.338 e. The van der Waals surface area contributed by atoms with Crippen LogP contribution in [0.25, 0.3) is 0 Å². The van der Waals surface area contributed by atoms with Crippen LogP contribution in [0.5, 0.6) is 0 Å². The molecule has 3 nitrogen and oxygen atoms in total. The van der Waals surface area contributed by atoms with Gasteiger partial charge in [-0.2, -0.15) is 0 Å². The van der Waals surface area contributed by atoms with Crippen LogP contribution in [0.15, 0.2) is 12.3 Å². The molecule has 6 heteroatoms. The molecule has 1 aromatic rings. The first-order valence-corrected chi connectivity index (χ1v) is 8.51. The van der Waals surface area contributed by atoms with Crippen molar-refractivity contribution in [2.75, 3.05) is 24.6 Å². The number of thioether (sulfide) groups is 2. The number of carbonyl (C=O) groups excluding carboxylic acids is 1. The second kappa shape index (κ2) is 4.82. The van der Waals surface area contributed by atoms with Gasteiger partial charge in [0.2, 0.25) is 0 Å². The second-order valence-corrected chi connectivity index (χ2v) is 8.32. The highest BCUT2D eigenvalue weighted by molar-refractivity contribution is 8.21. The molecule has 0 unspecified atom stereocenters. The average Bonchev–Trinajstić information content (AvgIpc) is 3.01. The van der Waals surface area contributed by atoms with Crippen LogP contribution in [-0.4, -0.2) is 43.9 Å². The van der Waals surface area contributed by atoms with E-state index in [1.165, 1.54) is 23.0 Å². The van der Waals surface area contributed by atoms with Gasteiger partial charge in [0.15, 0.2) is 0 Å². The van der Waals surface area contributed by atoms with E-state index >= 15 is 0 Å². The summed E-state index contributed by atoms with van der Waals surface area (Å²) >= 11 is 5.48. The van der Waals surface area contributed by atoms with Crippen LogP contribution in [0.1, 0.15) is 22.5 Å². The number of piperidine rings is 1. The molecule has 0 radical (unpaired) electrons. The van der Waals surface area contributed by atoms with Crippen LogP contribution in [0.3, 0.4) is 0 Å². The normalized spacial score (nSPS) is 23.2. The van der Waals surface area contributed by atoms with E-state index in [9.17, 15) is 4.79 Å². The van der Waals surface area contributed by atoms with Crippen molar-refractivity contribution in [3.63, 3.8) is 0 Å². The highest BCUT2D eigenvalue weighted by Crippen LogP contribution is 2.50. The first-order chi connectivity index (χ1) is 8.29. The maximum atomic E-state index is 12.1. The minimum atomic E-state index is 0.162. The summed E-state index contributed by atoms with van der Waals surface area (Å²) in [5.41, 5.74) is 0. The van der Waals surface area contributed by atoms with Crippen molar-refractivity contribution in [3.05, 3.63) is 17.1 Å². The van der Waals surface area contributed by atoms with Crippen LogP contribution < -0.4 is 0 Å². The Bertz CT molecular complexity index is 391. The van der Waals surface area contributed by atoms with Crippen molar-refractivity contribution in [2.45, 2.75) is 16.9 Å². The molecule has 1 amide bonds. The molecule has 2 fully saturated rings. The van der Waals surface area contributed by atoms with Gasteiger partial charge in [-0.25, -0.2) is 4.37 Å². The fourth-order valence-electron chi connectivity index (χ4n) is 2.32. The number of carbonyl (C=O) groups is 1. The Morgan fingerprint density at radius 3 is 2.59 bits per heavy atom. The molecule has 17 heavy (non-hydrogen) atoms. The van der Waals surface area contributed by atoms with E-state index in [0.29, 0.717) is 4.08 Å². The zero-order valence-corrected chi connectivity index (χ0v) is 11.9. The van der Waals surface area contributed by atoms with E-state index in [-0.39, 0.29) is 5.91 Å². The van der Waals surface area contributed by atoms with Gasteiger partial charge in [0, 0.05) is 30.8 Å². The van der Waals surface area contributed by atoms with E-state index < -0.39 is 0 Å². The molecule has 2 aliphatic heterocycles. The maximum absolute atomic E-state index is 12.1. The zero-order chi connectivity index (χ0) is 11.7. The Kier molecular flexibility index (Phi) is 3.36. The predicted octanol–water partition coefficient (Wildman–Crippen LogP) is 2.56. The lowest BCUT2D eigenvalue weighted by atomic mass is 10.1. The Balaban J connectivity index is 1.63. The Morgan fingerprint density at radius 2 is 2.00 bits per heavy atom. The summed E-state index contributed by atoms with van der Waals surface area (Å²) in [5, 5.41) is 0. The van der Waals surface area contributed by atoms with E-state index in [1.807, 2.05) is 11.0 Å². The number of nitrogens with zero attached hydrogens (tertiary/aromatic N) is 2. The van der Waals surface area contributed by atoms with Crippen molar-refractivity contribution < 1.29 is 4.79 Å². The molecular weight excluding hydrogens is 272 g/mol. The van der Waals surface area contributed by atoms with E-state index in [2.05, 4.69) is 27.9 Å². The quantitative estimate of drug-likeness (QED) is 0.794. The van der Waals surface area contributed by atoms with Gasteiger partial charge in [-0.15, -0.1) is 23.5 Å². The van der Waals surface area contributed by atoms with Gasteiger partial charge in [0.05, 0.1) is 4.08 Å². The average molecular weight is 286 g/mol. The summed E-state index contributed by atoms with van der Waals surface area (Å²) < 4.78 is 4.42. The molecule has 92 valence electrons. The lowest BCUT2D eigenvalue weighted by molar-refractivity contribution is 0.0727. The molecule has 2 aliphatic rings. The molecule has 1 aromatic heterocycles. The summed E-state index contributed by atoms with van der Waals surface area (Å²) in [6, 6.07) is 1.82. The number of likely N-dealkylation sites (tertiary alicyclic amines) is 1. The lowest BCUT2D eigenvalue weighted by Gasteiger charge is -2.37.